The summed E-state index contributed by atoms with van der Waals surface area (Å²) in [6.07, 6.45) is 0. The fraction of sp³-hybridized carbons (Fsp3) is 0. The van der Waals surface area contributed by atoms with Crippen LogP contribution < -0.4 is 0 Å². The Morgan fingerprint density at radius 1 is 0.419 bits per heavy atom. The highest BCUT2D eigenvalue weighted by molar-refractivity contribution is 6.24. The Balaban J connectivity index is 1.48. The third kappa shape index (κ3) is 3.72. The molecule has 0 radical (unpaired) electrons. The van der Waals surface area contributed by atoms with Gasteiger partial charge in [0.15, 0.2) is 0 Å². The molecule has 0 saturated heterocycles. The normalized spacial score (nSPS) is 17.9. The fourth-order valence-electron chi connectivity index (χ4n) is 5.65. The van der Waals surface area contributed by atoms with Crippen LogP contribution in [0.2, 0.25) is 0 Å². The van der Waals surface area contributed by atoms with Crippen molar-refractivity contribution in [2.45, 2.75) is 0 Å². The summed E-state index contributed by atoms with van der Waals surface area (Å²) in [4.78, 5) is 0. The summed E-state index contributed by atoms with van der Waals surface area (Å²) in [5.41, 5.74) is -0.883. The minimum Gasteiger partial charge on any atom is -0.455 e. The van der Waals surface area contributed by atoms with Gasteiger partial charge in [-0.25, -0.2) is 0 Å². The van der Waals surface area contributed by atoms with E-state index in [0.29, 0.717) is 0 Å². The second-order valence-electron chi connectivity index (χ2n) is 9.82. The Morgan fingerprint density at radius 3 is 1.88 bits per heavy atom. The largest absolute Gasteiger partial charge is 0.455 e. The van der Waals surface area contributed by atoms with Crippen LogP contribution in [0.4, 0.5) is 0 Å². The number of furan rings is 1. The molecule has 0 atom stereocenters. The number of rotatable bonds is 3. The summed E-state index contributed by atoms with van der Waals surface area (Å²) >= 11 is 0. The van der Waals surface area contributed by atoms with Crippen molar-refractivity contribution in [3.63, 3.8) is 0 Å². The van der Waals surface area contributed by atoms with Crippen LogP contribution in [0.5, 0.6) is 0 Å². The minimum atomic E-state index is -0.642. The van der Waals surface area contributed by atoms with Gasteiger partial charge in [-0.05, 0) is 72.7 Å². The standard InChI is InChI=1S/C42H26O/c1-2-12-28-25-30(24-23-27(28)11-1)29-13-9-14-31(26-29)40-33-16-3-5-18-35(33)41(36-19-6-4-17-34(36)40)38-21-10-20-37-32-15-7-8-22-39(32)43-42(37)38/h1-26H/i1D,2D,3D,4D,5D,6D,7D,8D,9D,10D,11D,12D,13D,15D,20D,21D,22D,23D,26D. The van der Waals surface area contributed by atoms with Gasteiger partial charge >= 0.3 is 0 Å². The molecule has 1 heterocycles. The predicted octanol–water partition coefficient (Wildman–Crippen LogP) is 12.0. The lowest BCUT2D eigenvalue weighted by Gasteiger charge is -2.18. The van der Waals surface area contributed by atoms with Crippen LogP contribution in [-0.4, -0.2) is 0 Å². The van der Waals surface area contributed by atoms with Gasteiger partial charge in [0.1, 0.15) is 11.2 Å². The van der Waals surface area contributed by atoms with E-state index < -0.39 is 78.6 Å². The fourth-order valence-corrected chi connectivity index (χ4v) is 5.65. The Bertz CT molecular complexity index is 3510. The van der Waals surface area contributed by atoms with Gasteiger partial charge in [0.25, 0.3) is 0 Å². The Hall–Kier alpha value is -5.66. The summed E-state index contributed by atoms with van der Waals surface area (Å²) in [7, 11) is 0. The van der Waals surface area contributed by atoms with Gasteiger partial charge in [0.2, 0.25) is 0 Å². The lowest BCUT2D eigenvalue weighted by atomic mass is 9.85. The molecule has 200 valence electrons. The Kier molecular flexibility index (Phi) is 2.61. The van der Waals surface area contributed by atoms with Crippen LogP contribution in [0.25, 0.3) is 87.6 Å². The van der Waals surface area contributed by atoms with E-state index >= 15 is 0 Å². The van der Waals surface area contributed by atoms with Crippen LogP contribution in [-0.2, 0) is 0 Å². The highest BCUT2D eigenvalue weighted by atomic mass is 16.3. The maximum Gasteiger partial charge on any atom is 0.143 e. The molecular weight excluding hydrogens is 520 g/mol. The summed E-state index contributed by atoms with van der Waals surface area (Å²) in [5, 5.41) is -0.125. The maximum atomic E-state index is 9.66. The van der Waals surface area contributed by atoms with E-state index in [4.69, 9.17) is 27.7 Å². The number of para-hydroxylation sites is 2. The quantitative estimate of drug-likeness (QED) is 0.194. The molecule has 0 N–H and O–H groups in total. The molecule has 0 aliphatic heterocycles. The molecule has 9 rings (SSSR count). The third-order valence-electron chi connectivity index (χ3n) is 7.50. The average Bonchev–Trinajstić information content (AvgIpc) is 3.63. The molecular formula is C42H26O. The van der Waals surface area contributed by atoms with E-state index in [1.165, 1.54) is 42.5 Å². The highest BCUT2D eigenvalue weighted by Gasteiger charge is 2.20. The Labute approximate surface area is 275 Å². The SMILES string of the molecule is [2H]c1cc2c(-c3cc([2H])c([2H])c(-c4cc([2H])c5c([2H])c([2H])c([2H])c([2H])c5c4)c3[2H])c3cc([2H])c([2H])cc3c(-c3c([2H])c([2H])c([2H])c4c3oc3c([2H])c([2H])c([2H])c([2H])c34)c2cc1[2H]. The first-order chi connectivity index (χ1) is 29.2. The van der Waals surface area contributed by atoms with Crippen LogP contribution >= 0.6 is 0 Å². The van der Waals surface area contributed by atoms with Crippen molar-refractivity contribution in [1.82, 2.24) is 0 Å². The van der Waals surface area contributed by atoms with Gasteiger partial charge in [-0.3, -0.25) is 0 Å². The number of benzene rings is 8. The molecule has 43 heavy (non-hydrogen) atoms. The zero-order valence-corrected chi connectivity index (χ0v) is 21.9. The molecule has 1 nitrogen and oxygen atoms in total. The molecule has 1 aromatic heterocycles. The molecule has 0 saturated carbocycles. The molecule has 0 fully saturated rings. The molecule has 8 aromatic carbocycles. The van der Waals surface area contributed by atoms with E-state index in [1.54, 1.807) is 0 Å². The van der Waals surface area contributed by atoms with Gasteiger partial charge in [0.05, 0.1) is 26.0 Å². The van der Waals surface area contributed by atoms with Crippen LogP contribution in [0.3, 0.4) is 0 Å². The smallest absolute Gasteiger partial charge is 0.143 e. The summed E-state index contributed by atoms with van der Waals surface area (Å²) in [5.74, 6) is 0. The summed E-state index contributed by atoms with van der Waals surface area (Å²) in [6.45, 7) is 0. The molecule has 0 bridgehead atoms. The average molecular weight is 566 g/mol. The lowest BCUT2D eigenvalue weighted by molar-refractivity contribution is 0.670. The van der Waals surface area contributed by atoms with Crippen molar-refractivity contribution < 1.29 is 30.5 Å². The molecule has 0 spiro atoms. The van der Waals surface area contributed by atoms with E-state index in [2.05, 4.69) is 0 Å². The second-order valence-corrected chi connectivity index (χ2v) is 9.82. The van der Waals surface area contributed by atoms with Crippen molar-refractivity contribution in [3.8, 4) is 33.4 Å². The minimum absolute atomic E-state index is 0.0196. The topological polar surface area (TPSA) is 13.1 Å². The first kappa shape index (κ1) is 11.9. The number of fused-ring (bicyclic) bond motifs is 6. The molecule has 0 aliphatic carbocycles. The van der Waals surface area contributed by atoms with Crippen molar-refractivity contribution in [2.75, 3.05) is 0 Å². The van der Waals surface area contributed by atoms with Crippen molar-refractivity contribution >= 4 is 54.3 Å². The zero-order valence-electron chi connectivity index (χ0n) is 40.9. The van der Waals surface area contributed by atoms with E-state index in [0.717, 1.165) is 0 Å². The lowest BCUT2D eigenvalue weighted by Crippen LogP contribution is -1.91. The predicted molar refractivity (Wildman–Crippen MR) is 183 cm³/mol. The Morgan fingerprint density at radius 2 is 1.09 bits per heavy atom. The first-order valence-electron chi connectivity index (χ1n) is 22.7. The third-order valence-corrected chi connectivity index (χ3v) is 7.50. The van der Waals surface area contributed by atoms with E-state index in [1.807, 2.05) is 0 Å². The van der Waals surface area contributed by atoms with Gasteiger partial charge in [0, 0.05) is 21.9 Å². The summed E-state index contributed by atoms with van der Waals surface area (Å²) < 4.78 is 172. The van der Waals surface area contributed by atoms with E-state index in [9.17, 15) is 2.74 Å². The molecule has 1 heteroatoms. The number of hydrogen-bond donors (Lipinski definition) is 0. The van der Waals surface area contributed by atoms with Crippen LogP contribution in [0.1, 0.15) is 26.0 Å². The zero-order chi connectivity index (χ0) is 44.9. The van der Waals surface area contributed by atoms with Crippen molar-refractivity contribution in [2.24, 2.45) is 0 Å². The monoisotopic (exact) mass is 565 g/mol. The van der Waals surface area contributed by atoms with Crippen LogP contribution in [0, 0.1) is 0 Å². The molecule has 9 aromatic rings. The second kappa shape index (κ2) is 9.44. The summed E-state index contributed by atoms with van der Waals surface area (Å²) in [6, 6.07) is -0.0507. The number of hydrogen-bond acceptors (Lipinski definition) is 1. The van der Waals surface area contributed by atoms with Gasteiger partial charge in [-0.15, -0.1) is 0 Å². The van der Waals surface area contributed by atoms with Crippen molar-refractivity contribution in [3.05, 3.63) is 157 Å². The van der Waals surface area contributed by atoms with Crippen molar-refractivity contribution in [1.29, 1.82) is 0 Å². The van der Waals surface area contributed by atoms with Gasteiger partial charge < -0.3 is 4.42 Å². The van der Waals surface area contributed by atoms with Gasteiger partial charge in [-0.2, -0.15) is 0 Å². The van der Waals surface area contributed by atoms with Crippen LogP contribution in [0.15, 0.2) is 162 Å². The molecule has 0 aliphatic rings. The van der Waals surface area contributed by atoms with E-state index in [-0.39, 0.29) is 124 Å². The maximum absolute atomic E-state index is 9.66. The molecule has 0 amide bonds. The van der Waals surface area contributed by atoms with Gasteiger partial charge in [-0.1, -0.05) is 139 Å². The molecule has 0 unspecified atom stereocenters. The first-order valence-corrected chi connectivity index (χ1v) is 13.2. The highest BCUT2D eigenvalue weighted by Crippen LogP contribution is 2.46.